The molecule has 19 nitrogen and oxygen atoms in total. The average molecular weight is 831 g/mol. The van der Waals surface area contributed by atoms with Crippen LogP contribution in [0.1, 0.15) is 85.3 Å². The summed E-state index contributed by atoms with van der Waals surface area (Å²) in [5, 5.41) is 24.1. The number of halogens is 2. The number of nitrogens with two attached hydrogens (primary N) is 2. The minimum atomic E-state index is -0.747. The molecule has 5 heterocycles. The fourth-order valence-electron chi connectivity index (χ4n) is 7.27. The van der Waals surface area contributed by atoms with E-state index in [0.717, 1.165) is 0 Å². The predicted molar refractivity (Wildman–Crippen MR) is 214 cm³/mol. The minimum absolute atomic E-state index is 0.0824. The number of hydrogen-bond donors (Lipinski definition) is 5. The molecule has 0 spiro atoms. The molecule has 0 fully saturated rings. The Morgan fingerprint density at radius 1 is 0.850 bits per heavy atom. The highest BCUT2D eigenvalue weighted by molar-refractivity contribution is 6.05. The maximum Gasteiger partial charge on any atom is 0.276 e. The normalized spacial score (nSPS) is 14.0. The number of nitrogens with one attached hydrogen (secondary N) is 2. The van der Waals surface area contributed by atoms with Crippen LogP contribution in [0.15, 0.2) is 36.4 Å². The zero-order chi connectivity index (χ0) is 42.8. The number of hydrogen-bond acceptors (Lipinski definition) is 11. The number of alkyl halides is 2. The molecule has 0 saturated carbocycles. The quantitative estimate of drug-likeness (QED) is 0.0837. The summed E-state index contributed by atoms with van der Waals surface area (Å²) in [6.45, 7) is 3.63. The molecule has 2 aromatic carbocycles. The second-order valence-corrected chi connectivity index (χ2v) is 14.5. The lowest BCUT2D eigenvalue weighted by atomic mass is 10.1. The van der Waals surface area contributed by atoms with Gasteiger partial charge < -0.3 is 35.2 Å². The average Bonchev–Trinajstić information content (AvgIpc) is 3.95. The third-order valence-corrected chi connectivity index (χ3v) is 9.95. The fraction of sp³-hybridized carbons (Fsp3) is 0.385. The molecule has 60 heavy (non-hydrogen) atoms. The number of fused-ring (bicyclic) bond motifs is 1. The summed E-state index contributed by atoms with van der Waals surface area (Å²) >= 11 is 0. The van der Waals surface area contributed by atoms with Gasteiger partial charge in [-0.05, 0) is 70.0 Å². The third-order valence-electron chi connectivity index (χ3n) is 9.95. The molecule has 0 bridgehead atoms. The van der Waals surface area contributed by atoms with Gasteiger partial charge in [0.25, 0.3) is 11.8 Å². The number of imidazole rings is 2. The Morgan fingerprint density at radius 2 is 1.42 bits per heavy atom. The van der Waals surface area contributed by atoms with Gasteiger partial charge in [0.15, 0.2) is 0 Å². The van der Waals surface area contributed by atoms with Gasteiger partial charge in [-0.1, -0.05) is 0 Å². The monoisotopic (exact) mass is 830 g/mol. The molecule has 1 unspecified atom stereocenters. The number of aliphatic hydroxyl groups excluding tert-OH is 1. The molecule has 4 amide bonds. The highest BCUT2D eigenvalue weighted by atomic mass is 19.1. The number of anilines is 2. The number of ether oxygens (including phenoxy) is 2. The predicted octanol–water partition coefficient (Wildman–Crippen LogP) is 3.60. The van der Waals surface area contributed by atoms with E-state index in [-0.39, 0.29) is 84.9 Å². The van der Waals surface area contributed by atoms with Gasteiger partial charge in [-0.25, -0.2) is 18.7 Å². The van der Waals surface area contributed by atoms with Crippen molar-refractivity contribution < 1.29 is 42.5 Å². The summed E-state index contributed by atoms with van der Waals surface area (Å²) in [5.74, 6) is -1.82. The Balaban J connectivity index is 1.25. The lowest BCUT2D eigenvalue weighted by molar-refractivity contribution is 0.0991. The molecule has 0 saturated heterocycles. The van der Waals surface area contributed by atoms with E-state index in [1.54, 1.807) is 25.3 Å². The summed E-state index contributed by atoms with van der Waals surface area (Å²) in [6.07, 6.45) is 0.402. The van der Waals surface area contributed by atoms with Crippen molar-refractivity contribution in [2.75, 3.05) is 37.2 Å². The first-order chi connectivity index (χ1) is 28.8. The van der Waals surface area contributed by atoms with Gasteiger partial charge in [0.05, 0.1) is 54.3 Å². The molecule has 4 aromatic heterocycles. The van der Waals surface area contributed by atoms with E-state index < -0.39 is 49.1 Å². The van der Waals surface area contributed by atoms with Crippen LogP contribution in [0.25, 0.3) is 22.1 Å². The van der Waals surface area contributed by atoms with Gasteiger partial charge >= 0.3 is 0 Å². The van der Waals surface area contributed by atoms with E-state index in [0.29, 0.717) is 46.5 Å². The molecule has 316 valence electrons. The lowest BCUT2D eigenvalue weighted by Crippen LogP contribution is -2.26. The van der Waals surface area contributed by atoms with Crippen molar-refractivity contribution in [1.29, 1.82) is 0 Å². The molecular formula is C39H44F2N12O7. The molecule has 1 aliphatic rings. The number of rotatable bonds is 18. The highest BCUT2D eigenvalue weighted by Crippen LogP contribution is 2.39. The third kappa shape index (κ3) is 8.33. The standard InChI is InChI=1S/C39H44F2N12O7/c1-20-13-28(51(48-20)10-7-40)36(57)46-38-44-26-15-23(34(42)55)17-30(59-12-6-22(3)54)32(26)50(38)9-4-5-25-19-60-31-18-24(35(43)56)16-27-33(31)53(25)39(45-27)47-37(58)29-14-21(2)49-52(29)11-8-41/h13-18,22,25,54H,4-12,19H2,1-3H3,(H2,42,55)(H2,43,56)(H,44,46,57)(H,45,47,58)/t22?,25-/m0/s1. The van der Waals surface area contributed by atoms with E-state index in [2.05, 4.69) is 30.8 Å². The second kappa shape index (κ2) is 17.1. The molecular weight excluding hydrogens is 787 g/mol. The van der Waals surface area contributed by atoms with Crippen LogP contribution in [0.2, 0.25) is 0 Å². The smallest absolute Gasteiger partial charge is 0.276 e. The van der Waals surface area contributed by atoms with Gasteiger partial charge in [-0.15, -0.1) is 0 Å². The molecule has 6 aromatic rings. The molecule has 2 atom stereocenters. The first kappa shape index (κ1) is 41.3. The number of benzene rings is 2. The summed E-state index contributed by atoms with van der Waals surface area (Å²) < 4.78 is 45.1. The van der Waals surface area contributed by atoms with E-state index >= 15 is 0 Å². The Labute approximate surface area is 340 Å². The zero-order valence-corrected chi connectivity index (χ0v) is 33.1. The number of carbonyl (C=O) groups excluding carboxylic acids is 4. The van der Waals surface area contributed by atoms with Gasteiger partial charge in [0.1, 0.15) is 53.9 Å². The van der Waals surface area contributed by atoms with Crippen LogP contribution in [0.3, 0.4) is 0 Å². The summed E-state index contributed by atoms with van der Waals surface area (Å²) in [6, 6.07) is 8.59. The number of amides is 4. The van der Waals surface area contributed by atoms with Crippen LogP contribution in [0.5, 0.6) is 11.5 Å². The summed E-state index contributed by atoms with van der Waals surface area (Å²) in [5.41, 5.74) is 14.4. The molecule has 7 N–H and O–H groups in total. The minimum Gasteiger partial charge on any atom is -0.491 e. The number of carbonyl (C=O) groups is 4. The van der Waals surface area contributed by atoms with Gasteiger partial charge in [0.2, 0.25) is 23.7 Å². The number of aryl methyl sites for hydroxylation is 5. The van der Waals surface area contributed by atoms with Crippen molar-refractivity contribution in [2.45, 2.75) is 71.8 Å². The summed E-state index contributed by atoms with van der Waals surface area (Å²) in [7, 11) is 0. The first-order valence-corrected chi connectivity index (χ1v) is 19.2. The number of aliphatic hydroxyl groups is 1. The Kier molecular flexibility index (Phi) is 11.8. The van der Waals surface area contributed by atoms with Gasteiger partial charge in [0, 0.05) is 24.1 Å². The van der Waals surface area contributed by atoms with E-state index in [9.17, 15) is 33.1 Å². The van der Waals surface area contributed by atoms with Crippen LogP contribution in [0, 0.1) is 13.8 Å². The molecule has 0 aliphatic carbocycles. The second-order valence-electron chi connectivity index (χ2n) is 14.5. The largest absolute Gasteiger partial charge is 0.491 e. The molecule has 21 heteroatoms. The van der Waals surface area contributed by atoms with Crippen LogP contribution in [0.4, 0.5) is 20.7 Å². The van der Waals surface area contributed by atoms with E-state index in [4.69, 9.17) is 20.9 Å². The molecule has 1 aliphatic heterocycles. The Hall–Kier alpha value is -6.90. The van der Waals surface area contributed by atoms with Crippen molar-refractivity contribution in [3.8, 4) is 11.5 Å². The highest BCUT2D eigenvalue weighted by Gasteiger charge is 2.30. The number of primary amides is 2. The Bertz CT molecular complexity index is 2630. The Morgan fingerprint density at radius 3 is 2.00 bits per heavy atom. The van der Waals surface area contributed by atoms with Crippen molar-refractivity contribution in [2.24, 2.45) is 11.5 Å². The SMILES string of the molecule is Cc1cc(C(=O)Nc2nc3cc(C(N)=O)cc(OCCC(C)O)c3n2CCC[C@H]2COc3cc(C(N)=O)cc4nc(NC(=O)c5cc(C)nn5CCF)n2c34)n(CCF)n1. The van der Waals surface area contributed by atoms with Crippen molar-refractivity contribution in [1.82, 2.24) is 38.7 Å². The number of nitrogens with zero attached hydrogens (tertiary/aromatic N) is 8. The van der Waals surface area contributed by atoms with E-state index in [1.807, 2.05) is 4.57 Å². The van der Waals surface area contributed by atoms with Gasteiger partial charge in [-0.3, -0.25) is 39.2 Å². The van der Waals surface area contributed by atoms with Crippen molar-refractivity contribution in [3.05, 3.63) is 70.3 Å². The number of aromatic nitrogens is 8. The van der Waals surface area contributed by atoms with Crippen molar-refractivity contribution >= 4 is 57.6 Å². The zero-order valence-electron chi connectivity index (χ0n) is 33.1. The first-order valence-electron chi connectivity index (χ1n) is 19.2. The van der Waals surface area contributed by atoms with E-state index in [1.165, 1.54) is 45.8 Å². The van der Waals surface area contributed by atoms with Crippen LogP contribution >= 0.6 is 0 Å². The molecule has 0 radical (unpaired) electrons. The van der Waals surface area contributed by atoms with Crippen LogP contribution in [-0.2, 0) is 19.6 Å². The lowest BCUT2D eigenvalue weighted by Gasteiger charge is -2.27. The molecule has 7 rings (SSSR count). The maximum atomic E-state index is 13.7. The van der Waals surface area contributed by atoms with Crippen LogP contribution < -0.4 is 31.6 Å². The van der Waals surface area contributed by atoms with Gasteiger partial charge in [-0.2, -0.15) is 10.2 Å². The fourth-order valence-corrected chi connectivity index (χ4v) is 7.27. The topological polar surface area (TPSA) is 254 Å². The maximum absolute atomic E-state index is 13.7. The van der Waals surface area contributed by atoms with Crippen molar-refractivity contribution in [3.63, 3.8) is 0 Å². The van der Waals surface area contributed by atoms with Crippen LogP contribution in [-0.4, -0.2) is 100 Å². The summed E-state index contributed by atoms with van der Waals surface area (Å²) in [4.78, 5) is 61.4.